The highest BCUT2D eigenvalue weighted by Crippen LogP contribution is 2.77. The maximum Gasteiger partial charge on any atom is 0.331 e. The molecule has 0 heterocycles. The van der Waals surface area contributed by atoms with Gasteiger partial charge < -0.3 is 14.9 Å². The van der Waals surface area contributed by atoms with Gasteiger partial charge in [-0.3, -0.25) is 0 Å². The second-order valence-electron chi connectivity index (χ2n) is 17.9. The number of ether oxygens (including phenoxy) is 1. The summed E-state index contributed by atoms with van der Waals surface area (Å²) >= 11 is 0. The molecule has 5 aliphatic carbocycles. The summed E-state index contributed by atoms with van der Waals surface area (Å²) in [5.74, 6) is 2.87. The van der Waals surface area contributed by atoms with Crippen molar-refractivity contribution < 1.29 is 19.7 Å². The van der Waals surface area contributed by atoms with Crippen LogP contribution in [0.5, 0.6) is 5.75 Å². The van der Waals surface area contributed by atoms with Crippen molar-refractivity contribution in [2.75, 3.05) is 0 Å². The van der Waals surface area contributed by atoms with Gasteiger partial charge in [-0.05, 0) is 153 Å². The Kier molecular flexibility index (Phi) is 7.32. The zero-order chi connectivity index (χ0) is 31.2. The van der Waals surface area contributed by atoms with Gasteiger partial charge in [-0.1, -0.05) is 53.7 Å². The Labute approximate surface area is 261 Å². The molecule has 10 atom stereocenters. The number of aromatic hydroxyl groups is 1. The molecule has 0 bridgehead atoms. The van der Waals surface area contributed by atoms with Crippen LogP contribution in [0, 0.1) is 56.7 Å². The molecule has 43 heavy (non-hydrogen) atoms. The summed E-state index contributed by atoms with van der Waals surface area (Å²) in [6.07, 6.45) is 15.4. The highest BCUT2D eigenvalue weighted by molar-refractivity contribution is 5.87. The summed E-state index contributed by atoms with van der Waals surface area (Å²) < 4.78 is 6.22. The van der Waals surface area contributed by atoms with E-state index >= 15 is 0 Å². The molecule has 0 aliphatic heterocycles. The van der Waals surface area contributed by atoms with Crippen molar-refractivity contribution >= 4 is 12.0 Å². The molecule has 4 heteroatoms. The van der Waals surface area contributed by atoms with E-state index in [1.807, 2.05) is 0 Å². The molecule has 2 N–H and O–H groups in total. The van der Waals surface area contributed by atoms with Crippen molar-refractivity contribution in [1.82, 2.24) is 0 Å². The molecular weight excluding hydrogens is 532 g/mol. The summed E-state index contributed by atoms with van der Waals surface area (Å²) in [7, 11) is 0. The van der Waals surface area contributed by atoms with E-state index in [9.17, 15) is 15.0 Å². The van der Waals surface area contributed by atoms with E-state index in [2.05, 4.69) is 55.4 Å². The predicted molar refractivity (Wildman–Crippen MR) is 173 cm³/mol. The third-order valence-electron chi connectivity index (χ3n) is 15.3. The lowest BCUT2D eigenvalue weighted by Crippen LogP contribution is -2.67. The lowest BCUT2D eigenvalue weighted by atomic mass is 9.32. The Morgan fingerprint density at radius 2 is 1.53 bits per heavy atom. The maximum absolute atomic E-state index is 13.0. The van der Waals surface area contributed by atoms with E-state index < -0.39 is 5.60 Å². The van der Waals surface area contributed by atoms with Gasteiger partial charge in [0.2, 0.25) is 0 Å². The summed E-state index contributed by atoms with van der Waals surface area (Å²) in [6, 6.07) is 6.86. The first-order chi connectivity index (χ1) is 20.0. The van der Waals surface area contributed by atoms with E-state index in [-0.39, 0.29) is 28.7 Å². The van der Waals surface area contributed by atoms with Crippen molar-refractivity contribution in [2.24, 2.45) is 56.7 Å². The fourth-order valence-corrected chi connectivity index (χ4v) is 12.8. The molecule has 1 aromatic carbocycles. The largest absolute Gasteiger partial charge is 0.508 e. The first kappa shape index (κ1) is 31.2. The number of hydrogen-bond acceptors (Lipinski definition) is 4. The Bertz CT molecular complexity index is 1260. The van der Waals surface area contributed by atoms with E-state index in [1.165, 1.54) is 57.4 Å². The van der Waals surface area contributed by atoms with Gasteiger partial charge in [0, 0.05) is 11.5 Å². The first-order valence-corrected chi connectivity index (χ1v) is 17.4. The van der Waals surface area contributed by atoms with Gasteiger partial charge in [0.25, 0.3) is 0 Å². The molecule has 5 fully saturated rings. The van der Waals surface area contributed by atoms with E-state index in [0.29, 0.717) is 45.8 Å². The third-order valence-corrected chi connectivity index (χ3v) is 15.3. The Hall–Kier alpha value is -1.81. The molecule has 0 aromatic heterocycles. The second kappa shape index (κ2) is 10.1. The Balaban J connectivity index is 1.23. The normalized spacial score (nSPS) is 45.5. The topological polar surface area (TPSA) is 66.8 Å². The Morgan fingerprint density at radius 3 is 2.21 bits per heavy atom. The van der Waals surface area contributed by atoms with E-state index in [0.717, 1.165) is 18.4 Å². The molecule has 4 nitrogen and oxygen atoms in total. The van der Waals surface area contributed by atoms with Gasteiger partial charge in [-0.25, -0.2) is 4.79 Å². The zero-order valence-electron chi connectivity index (χ0n) is 28.2. The molecule has 0 saturated heterocycles. The van der Waals surface area contributed by atoms with Crippen LogP contribution in [0.3, 0.4) is 0 Å². The number of rotatable bonds is 4. The highest BCUT2D eigenvalue weighted by Gasteiger charge is 2.71. The lowest BCUT2D eigenvalue weighted by Gasteiger charge is -2.73. The molecule has 5 saturated carbocycles. The van der Waals surface area contributed by atoms with Crippen molar-refractivity contribution in [3.63, 3.8) is 0 Å². The van der Waals surface area contributed by atoms with Crippen LogP contribution in [-0.2, 0) is 9.53 Å². The van der Waals surface area contributed by atoms with Crippen LogP contribution < -0.4 is 0 Å². The zero-order valence-corrected chi connectivity index (χ0v) is 28.2. The smallest absolute Gasteiger partial charge is 0.331 e. The lowest BCUT2D eigenvalue weighted by molar-refractivity contribution is -0.252. The number of esters is 1. The van der Waals surface area contributed by atoms with Crippen LogP contribution in [0.2, 0.25) is 0 Å². The van der Waals surface area contributed by atoms with Crippen LogP contribution in [-0.4, -0.2) is 27.9 Å². The number of carbonyl (C=O) groups excluding carboxylic acids is 1. The number of hydrogen-bond donors (Lipinski definition) is 2. The molecule has 5 aliphatic rings. The van der Waals surface area contributed by atoms with Gasteiger partial charge in [0.05, 0.1) is 5.60 Å². The van der Waals surface area contributed by atoms with Gasteiger partial charge in [-0.15, -0.1) is 0 Å². The average Bonchev–Trinajstić information content (AvgIpc) is 3.29. The minimum atomic E-state index is -0.610. The Morgan fingerprint density at radius 1 is 0.837 bits per heavy atom. The number of phenols is 1. The number of aliphatic hydroxyl groups is 1. The highest BCUT2D eigenvalue weighted by atomic mass is 16.5. The van der Waals surface area contributed by atoms with Gasteiger partial charge in [-0.2, -0.15) is 0 Å². The second-order valence-corrected chi connectivity index (χ2v) is 17.9. The minimum absolute atomic E-state index is 0.0831. The standard InChI is InChI=1S/C39H58O4/c1-34(2)29-18-22-39(8)30(15-14-28-33-27(35(3,4)42)17-20-36(33,5)23-24-38(28,39)7)37(29,6)21-19-31(34)43-32(41)16-11-25-9-12-26(40)13-10-25/h9-13,16,27-31,33,40,42H,14-15,17-24H2,1-8H3/b16-11-/t27-,28-,29+,30-,31?,33-,36-,37+,38-,39-/m1/s1. The van der Waals surface area contributed by atoms with E-state index in [4.69, 9.17) is 4.74 Å². The van der Waals surface area contributed by atoms with Crippen LogP contribution in [0.15, 0.2) is 30.3 Å². The van der Waals surface area contributed by atoms with Crippen LogP contribution in [0.1, 0.15) is 125 Å². The van der Waals surface area contributed by atoms with E-state index in [1.54, 1.807) is 30.3 Å². The first-order valence-electron chi connectivity index (χ1n) is 17.4. The average molecular weight is 591 g/mol. The monoisotopic (exact) mass is 590 g/mol. The van der Waals surface area contributed by atoms with Crippen molar-refractivity contribution in [1.29, 1.82) is 0 Å². The van der Waals surface area contributed by atoms with Crippen molar-refractivity contribution in [2.45, 2.75) is 131 Å². The summed E-state index contributed by atoms with van der Waals surface area (Å²) in [5, 5.41) is 20.9. The molecule has 1 aromatic rings. The van der Waals surface area contributed by atoms with Crippen LogP contribution in [0.4, 0.5) is 0 Å². The summed E-state index contributed by atoms with van der Waals surface area (Å²) in [6.45, 7) is 19.4. The number of fused-ring (bicyclic) bond motifs is 7. The van der Waals surface area contributed by atoms with Gasteiger partial charge >= 0.3 is 5.97 Å². The number of carbonyl (C=O) groups is 1. The van der Waals surface area contributed by atoms with Gasteiger partial charge in [0.15, 0.2) is 0 Å². The van der Waals surface area contributed by atoms with Crippen molar-refractivity contribution in [3.8, 4) is 5.75 Å². The quantitative estimate of drug-likeness (QED) is 0.271. The van der Waals surface area contributed by atoms with Crippen LogP contribution >= 0.6 is 0 Å². The molecule has 0 radical (unpaired) electrons. The molecule has 1 unspecified atom stereocenters. The molecular formula is C39H58O4. The number of benzene rings is 1. The summed E-state index contributed by atoms with van der Waals surface area (Å²) in [5.41, 5.74) is 1.38. The molecule has 238 valence electrons. The van der Waals surface area contributed by atoms with Crippen molar-refractivity contribution in [3.05, 3.63) is 35.9 Å². The summed E-state index contributed by atoms with van der Waals surface area (Å²) in [4.78, 5) is 13.0. The fraction of sp³-hybridized carbons (Fsp3) is 0.769. The van der Waals surface area contributed by atoms with Crippen LogP contribution in [0.25, 0.3) is 6.08 Å². The molecule has 0 amide bonds. The van der Waals surface area contributed by atoms with Gasteiger partial charge in [0.1, 0.15) is 11.9 Å². The predicted octanol–water partition coefficient (Wildman–Crippen LogP) is 9.19. The maximum atomic E-state index is 13.0. The fourth-order valence-electron chi connectivity index (χ4n) is 12.8. The third kappa shape index (κ3) is 4.66. The molecule has 0 spiro atoms. The molecule has 6 rings (SSSR count). The SMILES string of the molecule is CC(C)(O)[C@@H]1CC[C@]2(C)CC[C@]3(C)[C@H](CC[C@@H]4[C@@]5(C)CCC(OC(=O)/C=C\c6ccc(O)cc6)C(C)(C)[C@@H]5CC[C@]43C)[C@@H]12. The number of phenolic OH excluding ortho intramolecular Hbond substituents is 1. The minimum Gasteiger partial charge on any atom is -0.508 e.